The number of piperazine rings is 1. The van der Waals surface area contributed by atoms with Crippen LogP contribution in [0.15, 0.2) is 30.3 Å². The fourth-order valence-corrected chi connectivity index (χ4v) is 2.67. The molecule has 2 amide bonds. The molecule has 0 aliphatic carbocycles. The van der Waals surface area contributed by atoms with Crippen LogP contribution in [0.4, 0.5) is 0 Å². The zero-order valence-electron chi connectivity index (χ0n) is 12.8. The van der Waals surface area contributed by atoms with Gasteiger partial charge in [0.2, 0.25) is 5.91 Å². The van der Waals surface area contributed by atoms with Crippen LogP contribution in [0.25, 0.3) is 0 Å². The number of carbonyl (C=O) groups is 2. The Labute approximate surface area is 125 Å². The molecule has 114 valence electrons. The summed E-state index contributed by atoms with van der Waals surface area (Å²) in [5, 5.41) is 2.99. The molecule has 1 heterocycles. The first-order chi connectivity index (χ1) is 10.1. The van der Waals surface area contributed by atoms with Crippen molar-refractivity contribution in [3.8, 4) is 0 Å². The van der Waals surface area contributed by atoms with Crippen molar-refractivity contribution in [1.29, 1.82) is 0 Å². The van der Waals surface area contributed by atoms with Crippen LogP contribution >= 0.6 is 0 Å². The van der Waals surface area contributed by atoms with Gasteiger partial charge in [0.1, 0.15) is 0 Å². The molecule has 1 aliphatic rings. The van der Waals surface area contributed by atoms with Gasteiger partial charge in [0.05, 0.1) is 26.2 Å². The topological polar surface area (TPSA) is 53.9 Å². The lowest BCUT2D eigenvalue weighted by Crippen LogP contribution is -3.19. The molecule has 1 atom stereocenters. The second-order valence-electron chi connectivity index (χ2n) is 5.59. The van der Waals surface area contributed by atoms with Crippen LogP contribution in [0, 0.1) is 0 Å². The minimum absolute atomic E-state index is 0.0742. The molecule has 0 saturated carbocycles. The Hall–Kier alpha value is -1.88. The molecule has 0 radical (unpaired) electrons. The third-order valence-electron chi connectivity index (χ3n) is 4.17. The fourth-order valence-electron chi connectivity index (χ4n) is 2.67. The third-order valence-corrected chi connectivity index (χ3v) is 4.17. The van der Waals surface area contributed by atoms with E-state index in [1.807, 2.05) is 42.2 Å². The monoisotopic (exact) mass is 290 g/mol. The van der Waals surface area contributed by atoms with E-state index >= 15 is 0 Å². The van der Waals surface area contributed by atoms with Gasteiger partial charge in [-0.25, -0.2) is 0 Å². The summed E-state index contributed by atoms with van der Waals surface area (Å²) in [5.74, 6) is 0.195. The van der Waals surface area contributed by atoms with Crippen molar-refractivity contribution >= 4 is 11.8 Å². The van der Waals surface area contributed by atoms with E-state index in [0.29, 0.717) is 6.54 Å². The minimum Gasteiger partial charge on any atom is -0.347 e. The summed E-state index contributed by atoms with van der Waals surface area (Å²) in [5.41, 5.74) is 1.11. The second kappa shape index (κ2) is 7.22. The van der Waals surface area contributed by atoms with Gasteiger partial charge in [-0.1, -0.05) is 30.3 Å². The standard InChI is InChI=1S/C16H23N3O2/c1-13(18-8-10-19(11-9-18)14(2)20)16(21)17-12-15-6-4-3-5-7-15/h3-7,13H,8-12H2,1-2H3,(H,17,21)/p+1/t13-/m1/s1. The lowest BCUT2D eigenvalue weighted by Gasteiger charge is -2.34. The third kappa shape index (κ3) is 4.29. The Morgan fingerprint density at radius 2 is 1.86 bits per heavy atom. The molecule has 0 spiro atoms. The normalized spacial score (nSPS) is 17.3. The van der Waals surface area contributed by atoms with Crippen LogP contribution in [0.1, 0.15) is 19.4 Å². The van der Waals surface area contributed by atoms with E-state index in [0.717, 1.165) is 31.7 Å². The number of amides is 2. The summed E-state index contributed by atoms with van der Waals surface area (Å²) in [6, 6.07) is 9.83. The maximum absolute atomic E-state index is 12.2. The van der Waals surface area contributed by atoms with Gasteiger partial charge >= 0.3 is 0 Å². The molecule has 1 aromatic rings. The Morgan fingerprint density at radius 3 is 2.43 bits per heavy atom. The Balaban J connectivity index is 1.79. The summed E-state index contributed by atoms with van der Waals surface area (Å²) in [6.07, 6.45) is 0. The van der Waals surface area contributed by atoms with Crippen LogP contribution in [0.5, 0.6) is 0 Å². The van der Waals surface area contributed by atoms with Gasteiger partial charge in [-0.15, -0.1) is 0 Å². The Kier molecular flexibility index (Phi) is 5.33. The van der Waals surface area contributed by atoms with Crippen molar-refractivity contribution in [1.82, 2.24) is 10.2 Å². The number of nitrogens with one attached hydrogen (secondary N) is 2. The zero-order valence-corrected chi connectivity index (χ0v) is 12.8. The average Bonchev–Trinajstić information content (AvgIpc) is 2.53. The number of hydrogen-bond acceptors (Lipinski definition) is 2. The molecule has 0 aromatic heterocycles. The molecule has 1 saturated heterocycles. The van der Waals surface area contributed by atoms with E-state index in [1.165, 1.54) is 4.90 Å². The highest BCUT2D eigenvalue weighted by Crippen LogP contribution is 1.97. The first-order valence-electron chi connectivity index (χ1n) is 7.49. The molecule has 0 bridgehead atoms. The molecule has 1 fully saturated rings. The lowest BCUT2D eigenvalue weighted by atomic mass is 10.2. The molecular formula is C16H24N3O2+. The molecule has 1 aliphatic heterocycles. The molecule has 5 nitrogen and oxygen atoms in total. The summed E-state index contributed by atoms with van der Waals surface area (Å²) in [7, 11) is 0. The van der Waals surface area contributed by atoms with E-state index in [9.17, 15) is 9.59 Å². The molecule has 1 aromatic carbocycles. The quantitative estimate of drug-likeness (QED) is 0.781. The summed E-state index contributed by atoms with van der Waals surface area (Å²) in [6.45, 7) is 7.26. The van der Waals surface area contributed by atoms with E-state index in [1.54, 1.807) is 6.92 Å². The number of carbonyl (C=O) groups excluding carboxylic acids is 2. The van der Waals surface area contributed by atoms with E-state index in [-0.39, 0.29) is 17.9 Å². The SMILES string of the molecule is CC(=O)N1CC[NH+]([C@H](C)C(=O)NCc2ccccc2)CC1. The zero-order chi connectivity index (χ0) is 15.2. The van der Waals surface area contributed by atoms with E-state index < -0.39 is 0 Å². The second-order valence-corrected chi connectivity index (χ2v) is 5.59. The van der Waals surface area contributed by atoms with Gasteiger partial charge in [0.25, 0.3) is 5.91 Å². The van der Waals surface area contributed by atoms with E-state index in [4.69, 9.17) is 0 Å². The van der Waals surface area contributed by atoms with Crippen molar-refractivity contribution in [3.05, 3.63) is 35.9 Å². The molecule has 5 heteroatoms. The smallest absolute Gasteiger partial charge is 0.278 e. The highest BCUT2D eigenvalue weighted by atomic mass is 16.2. The fraction of sp³-hybridized carbons (Fsp3) is 0.500. The number of rotatable bonds is 4. The van der Waals surface area contributed by atoms with Gasteiger partial charge in [0.15, 0.2) is 6.04 Å². The van der Waals surface area contributed by atoms with Gasteiger partial charge in [-0.05, 0) is 12.5 Å². The minimum atomic E-state index is -0.0807. The Morgan fingerprint density at radius 1 is 1.24 bits per heavy atom. The van der Waals surface area contributed by atoms with Gasteiger partial charge in [-0.2, -0.15) is 0 Å². The first kappa shape index (κ1) is 15.5. The van der Waals surface area contributed by atoms with Gasteiger partial charge < -0.3 is 15.1 Å². The van der Waals surface area contributed by atoms with Crippen LogP contribution < -0.4 is 10.2 Å². The predicted molar refractivity (Wildman–Crippen MR) is 80.7 cm³/mol. The molecule has 2 rings (SSSR count). The highest BCUT2D eigenvalue weighted by Gasteiger charge is 2.29. The molecule has 0 unspecified atom stereocenters. The number of quaternary nitrogens is 1. The van der Waals surface area contributed by atoms with Crippen LogP contribution in [-0.4, -0.2) is 48.9 Å². The maximum atomic E-state index is 12.2. The summed E-state index contributed by atoms with van der Waals surface area (Å²) in [4.78, 5) is 26.6. The van der Waals surface area contributed by atoms with Crippen LogP contribution in [0.3, 0.4) is 0 Å². The van der Waals surface area contributed by atoms with Crippen molar-refractivity contribution in [3.63, 3.8) is 0 Å². The van der Waals surface area contributed by atoms with Crippen molar-refractivity contribution in [2.45, 2.75) is 26.4 Å². The molecule has 21 heavy (non-hydrogen) atoms. The van der Waals surface area contributed by atoms with Crippen molar-refractivity contribution < 1.29 is 14.5 Å². The van der Waals surface area contributed by atoms with Crippen molar-refractivity contribution in [2.24, 2.45) is 0 Å². The molecule has 2 N–H and O–H groups in total. The van der Waals surface area contributed by atoms with Crippen molar-refractivity contribution in [2.75, 3.05) is 26.2 Å². The summed E-state index contributed by atoms with van der Waals surface area (Å²) < 4.78 is 0. The maximum Gasteiger partial charge on any atom is 0.278 e. The first-order valence-corrected chi connectivity index (χ1v) is 7.49. The number of hydrogen-bond donors (Lipinski definition) is 2. The molecular weight excluding hydrogens is 266 g/mol. The van der Waals surface area contributed by atoms with E-state index in [2.05, 4.69) is 5.32 Å². The largest absolute Gasteiger partial charge is 0.347 e. The highest BCUT2D eigenvalue weighted by molar-refractivity contribution is 5.80. The van der Waals surface area contributed by atoms with Gasteiger partial charge in [0, 0.05) is 13.5 Å². The predicted octanol–water partition coefficient (Wildman–Crippen LogP) is -0.562. The average molecular weight is 290 g/mol. The Bertz CT molecular complexity index is 482. The summed E-state index contributed by atoms with van der Waals surface area (Å²) >= 11 is 0. The van der Waals surface area contributed by atoms with Crippen LogP contribution in [0.2, 0.25) is 0 Å². The van der Waals surface area contributed by atoms with Crippen LogP contribution in [-0.2, 0) is 16.1 Å². The van der Waals surface area contributed by atoms with Gasteiger partial charge in [-0.3, -0.25) is 9.59 Å². The lowest BCUT2D eigenvalue weighted by molar-refractivity contribution is -0.918. The number of benzene rings is 1. The number of nitrogens with zero attached hydrogens (tertiary/aromatic N) is 1.